The molecule has 0 saturated heterocycles. The molecule has 84 valence electrons. The van der Waals surface area contributed by atoms with Crippen LogP contribution < -0.4 is 0 Å². The molecule has 0 N–H and O–H groups in total. The second-order valence-corrected chi connectivity index (χ2v) is 3.41. The molecule has 2 heteroatoms. The van der Waals surface area contributed by atoms with Crippen molar-refractivity contribution in [2.75, 3.05) is 0 Å². The van der Waals surface area contributed by atoms with Crippen LogP contribution in [0.2, 0.25) is 0 Å². The topological polar surface area (TPSA) is 9.23 Å². The van der Waals surface area contributed by atoms with Crippen molar-refractivity contribution < 1.29 is 21.8 Å². The van der Waals surface area contributed by atoms with Gasteiger partial charge in [-0.05, 0) is 12.5 Å². The molecule has 2 aromatic carbocycles. The minimum absolute atomic E-state index is 0. The molecule has 1 aliphatic rings. The Balaban J connectivity index is 0.000000183. The number of ether oxygens (including phenoxy) is 1. The summed E-state index contributed by atoms with van der Waals surface area (Å²) in [6.45, 7) is 0. The minimum Gasteiger partial charge on any atom is -0.506 e. The largest absolute Gasteiger partial charge is 2.00 e. The maximum absolute atomic E-state index is 5.32. The van der Waals surface area contributed by atoms with Crippen molar-refractivity contribution in [1.82, 2.24) is 0 Å². The van der Waals surface area contributed by atoms with Gasteiger partial charge in [-0.3, -0.25) is 0 Å². The molecule has 2 aromatic rings. The fourth-order valence-corrected chi connectivity index (χ4v) is 1.52. The van der Waals surface area contributed by atoms with Crippen LogP contribution in [0, 0.1) is 0 Å². The minimum atomic E-state index is 0. The summed E-state index contributed by atoms with van der Waals surface area (Å²) in [6.07, 6.45) is 5.13. The van der Waals surface area contributed by atoms with Crippen LogP contribution in [0.1, 0.15) is 18.1 Å². The van der Waals surface area contributed by atoms with E-state index >= 15 is 0 Å². The van der Waals surface area contributed by atoms with E-state index in [0.29, 0.717) is 0 Å². The molecule has 0 aliphatic carbocycles. The zero-order valence-corrected chi connectivity index (χ0v) is 10.0. The summed E-state index contributed by atoms with van der Waals surface area (Å²) in [4.78, 5) is 0. The van der Waals surface area contributed by atoms with Gasteiger partial charge >= 0.3 is 17.1 Å². The van der Waals surface area contributed by atoms with Crippen molar-refractivity contribution in [2.24, 2.45) is 0 Å². The van der Waals surface area contributed by atoms with Gasteiger partial charge in [0, 0.05) is 0 Å². The fraction of sp³-hybridized carbons (Fsp3) is 0.143. The van der Waals surface area contributed by atoms with Crippen molar-refractivity contribution in [2.45, 2.75) is 12.5 Å². The average Bonchev–Trinajstić information content (AvgIpc) is 3.06. The normalized spacial score (nSPS) is 16.9. The quantitative estimate of drug-likeness (QED) is 0.555. The van der Waals surface area contributed by atoms with E-state index in [4.69, 9.17) is 4.74 Å². The van der Waals surface area contributed by atoms with E-state index in [2.05, 4.69) is 18.2 Å². The zero-order valence-electron chi connectivity index (χ0n) is 8.90. The van der Waals surface area contributed by atoms with Gasteiger partial charge in [0.15, 0.2) is 0 Å². The third kappa shape index (κ3) is 3.73. The van der Waals surface area contributed by atoms with Crippen LogP contribution in [0.25, 0.3) is 0 Å². The second kappa shape index (κ2) is 7.10. The van der Waals surface area contributed by atoms with Crippen molar-refractivity contribution >= 4 is 0 Å². The Morgan fingerprint density at radius 1 is 1.06 bits per heavy atom. The summed E-state index contributed by atoms with van der Waals surface area (Å²) >= 11 is 0. The van der Waals surface area contributed by atoms with E-state index in [-0.39, 0.29) is 23.2 Å². The summed E-state index contributed by atoms with van der Waals surface area (Å²) in [5, 5.41) is 0. The maximum atomic E-state index is 5.32. The Hall–Kier alpha value is -1.24. The summed E-state index contributed by atoms with van der Waals surface area (Å²) < 4.78 is 5.32. The molecule has 0 amide bonds. The van der Waals surface area contributed by atoms with E-state index in [9.17, 15) is 0 Å². The molecule has 1 aliphatic heterocycles. The van der Waals surface area contributed by atoms with E-state index in [1.165, 1.54) is 5.56 Å². The Bertz CT molecular complexity index is 348. The van der Waals surface area contributed by atoms with E-state index < -0.39 is 0 Å². The van der Waals surface area contributed by atoms with Gasteiger partial charge in [-0.15, -0.1) is 5.56 Å². The molecule has 3 rings (SSSR count). The van der Waals surface area contributed by atoms with Gasteiger partial charge in [0.1, 0.15) is 0 Å². The van der Waals surface area contributed by atoms with Gasteiger partial charge in [-0.1, -0.05) is 0 Å². The molecule has 0 bridgehead atoms. The molecular weight excluding hydrogens is 240 g/mol. The van der Waals surface area contributed by atoms with E-state index in [1.54, 1.807) is 6.26 Å². The maximum Gasteiger partial charge on any atom is 2.00 e. The SMILES string of the molecule is C1=COC([c-]2cccc2)C1.[Fe+2].c1cc[cH-]c1. The number of hydrogen-bond acceptors (Lipinski definition) is 1. The molecule has 1 unspecified atom stereocenters. The summed E-state index contributed by atoms with van der Waals surface area (Å²) in [5.41, 5.74) is 1.28. The van der Waals surface area contributed by atoms with E-state index in [0.717, 1.165) is 6.42 Å². The van der Waals surface area contributed by atoms with Crippen molar-refractivity contribution in [3.8, 4) is 0 Å². The average molecular weight is 254 g/mol. The molecule has 0 aromatic heterocycles. The molecule has 0 fully saturated rings. The number of rotatable bonds is 1. The number of hydrogen-bond donors (Lipinski definition) is 0. The van der Waals surface area contributed by atoms with Crippen LogP contribution in [0.4, 0.5) is 0 Å². The Labute approximate surface area is 107 Å². The van der Waals surface area contributed by atoms with Crippen LogP contribution in [0.3, 0.4) is 0 Å². The van der Waals surface area contributed by atoms with Crippen molar-refractivity contribution in [3.05, 3.63) is 72.5 Å². The monoisotopic (exact) mass is 254 g/mol. The van der Waals surface area contributed by atoms with Crippen LogP contribution in [-0.2, 0) is 21.8 Å². The van der Waals surface area contributed by atoms with Gasteiger partial charge in [-0.2, -0.15) is 30.3 Å². The summed E-state index contributed by atoms with van der Waals surface area (Å²) in [7, 11) is 0. The molecule has 0 saturated carbocycles. The summed E-state index contributed by atoms with van der Waals surface area (Å²) in [6, 6.07) is 18.3. The van der Waals surface area contributed by atoms with Gasteiger partial charge in [0.25, 0.3) is 0 Å². The van der Waals surface area contributed by atoms with Crippen LogP contribution >= 0.6 is 0 Å². The molecule has 0 radical (unpaired) electrons. The van der Waals surface area contributed by atoms with E-state index in [1.807, 2.05) is 42.5 Å². The molecular formula is C14H14FeO. The van der Waals surface area contributed by atoms with Gasteiger partial charge in [-0.25, -0.2) is 24.3 Å². The predicted octanol–water partition coefficient (Wildman–Crippen LogP) is 3.78. The second-order valence-electron chi connectivity index (χ2n) is 3.41. The molecule has 1 atom stereocenters. The zero-order chi connectivity index (χ0) is 10.3. The Morgan fingerprint density at radius 3 is 2.19 bits per heavy atom. The van der Waals surface area contributed by atoms with Crippen LogP contribution in [0.5, 0.6) is 0 Å². The first-order valence-electron chi connectivity index (χ1n) is 5.15. The van der Waals surface area contributed by atoms with Crippen molar-refractivity contribution in [1.29, 1.82) is 0 Å². The smallest absolute Gasteiger partial charge is 0.506 e. The first kappa shape index (κ1) is 12.8. The first-order chi connectivity index (χ1) is 7.47. The van der Waals surface area contributed by atoms with Crippen LogP contribution in [-0.4, -0.2) is 0 Å². The molecule has 1 nitrogen and oxygen atoms in total. The van der Waals surface area contributed by atoms with Gasteiger partial charge in [0.2, 0.25) is 0 Å². The predicted molar refractivity (Wildman–Crippen MR) is 61.7 cm³/mol. The standard InChI is InChI=1S/C9H9O.C5H5.Fe/c1-2-5-8(4-1)9-6-3-7-10-9;1-2-4-5-3-1;/h1-5,7,9H,6H2;1-5H;/q2*-1;+2. The first-order valence-corrected chi connectivity index (χ1v) is 5.15. The Kier molecular flexibility index (Phi) is 5.69. The van der Waals surface area contributed by atoms with Crippen molar-refractivity contribution in [3.63, 3.8) is 0 Å². The molecule has 0 spiro atoms. The molecule has 16 heavy (non-hydrogen) atoms. The Morgan fingerprint density at radius 2 is 1.75 bits per heavy atom. The third-order valence-corrected chi connectivity index (χ3v) is 2.31. The van der Waals surface area contributed by atoms with Crippen LogP contribution in [0.15, 0.2) is 66.9 Å². The fourth-order valence-electron chi connectivity index (χ4n) is 1.52. The molecule has 1 heterocycles. The van der Waals surface area contributed by atoms with Gasteiger partial charge < -0.3 is 4.74 Å². The third-order valence-electron chi connectivity index (χ3n) is 2.31. The summed E-state index contributed by atoms with van der Waals surface area (Å²) in [5.74, 6) is 0. The van der Waals surface area contributed by atoms with Gasteiger partial charge in [0.05, 0.1) is 12.4 Å².